The molecule has 1 aliphatic carbocycles. The van der Waals surface area contributed by atoms with E-state index >= 15 is 0 Å². The molecule has 0 radical (unpaired) electrons. The van der Waals surface area contributed by atoms with E-state index in [4.69, 9.17) is 0 Å². The molecule has 2 heteroatoms. The van der Waals surface area contributed by atoms with Gasteiger partial charge in [0.1, 0.15) is 0 Å². The Bertz CT molecular complexity index is 231. The summed E-state index contributed by atoms with van der Waals surface area (Å²) in [5, 5.41) is 3.57. The third kappa shape index (κ3) is 1.72. The molecule has 2 rings (SSSR count). The van der Waals surface area contributed by atoms with E-state index in [0.717, 1.165) is 6.04 Å². The fourth-order valence-corrected chi connectivity index (χ4v) is 3.45. The Morgan fingerprint density at radius 2 is 1.73 bits per heavy atom. The van der Waals surface area contributed by atoms with Gasteiger partial charge in [0, 0.05) is 18.6 Å². The van der Waals surface area contributed by atoms with Crippen molar-refractivity contribution in [2.75, 3.05) is 19.6 Å². The number of nitrogens with zero attached hydrogens (tertiary/aromatic N) is 1. The molecule has 2 fully saturated rings. The predicted molar refractivity (Wildman–Crippen MR) is 65.0 cm³/mol. The Hall–Kier alpha value is -0.0800. The Labute approximate surface area is 94.4 Å². The van der Waals surface area contributed by atoms with E-state index in [0.29, 0.717) is 16.9 Å². The van der Waals surface area contributed by atoms with Gasteiger partial charge in [-0.2, -0.15) is 0 Å². The first-order chi connectivity index (χ1) is 6.87. The van der Waals surface area contributed by atoms with E-state index in [2.05, 4.69) is 44.8 Å². The molecular weight excluding hydrogens is 184 g/mol. The summed E-state index contributed by atoms with van der Waals surface area (Å²) in [6.07, 6.45) is 1.30. The molecule has 0 bridgehead atoms. The van der Waals surface area contributed by atoms with Crippen molar-refractivity contribution >= 4 is 0 Å². The number of nitrogens with one attached hydrogen (secondary N) is 1. The molecule has 1 N–H and O–H groups in total. The summed E-state index contributed by atoms with van der Waals surface area (Å²) in [7, 11) is 0. The van der Waals surface area contributed by atoms with Crippen molar-refractivity contribution in [3.8, 4) is 0 Å². The van der Waals surface area contributed by atoms with Crippen LogP contribution in [0.15, 0.2) is 0 Å². The van der Waals surface area contributed by atoms with Gasteiger partial charge in [-0.15, -0.1) is 0 Å². The van der Waals surface area contributed by atoms with Crippen molar-refractivity contribution in [3.63, 3.8) is 0 Å². The highest BCUT2D eigenvalue weighted by molar-refractivity contribution is 5.18. The fraction of sp³-hybridized carbons (Fsp3) is 1.00. The number of hydrogen-bond acceptors (Lipinski definition) is 2. The van der Waals surface area contributed by atoms with Crippen LogP contribution in [-0.2, 0) is 0 Å². The van der Waals surface area contributed by atoms with Crippen LogP contribution < -0.4 is 5.32 Å². The van der Waals surface area contributed by atoms with Gasteiger partial charge in [0.25, 0.3) is 0 Å². The molecule has 1 aliphatic heterocycles. The molecule has 0 aromatic heterocycles. The smallest absolute Gasteiger partial charge is 0.0210 e. The van der Waals surface area contributed by atoms with E-state index < -0.39 is 0 Å². The minimum Gasteiger partial charge on any atom is -0.313 e. The number of hydrogen-bond donors (Lipinski definition) is 1. The highest BCUT2D eigenvalue weighted by Gasteiger charge is 2.66. The van der Waals surface area contributed by atoms with Crippen molar-refractivity contribution in [1.82, 2.24) is 10.2 Å². The second kappa shape index (κ2) is 3.46. The van der Waals surface area contributed by atoms with Crippen LogP contribution in [0.4, 0.5) is 0 Å². The van der Waals surface area contributed by atoms with Gasteiger partial charge < -0.3 is 5.32 Å². The summed E-state index contributed by atoms with van der Waals surface area (Å²) in [5.41, 5.74) is 0.994. The van der Waals surface area contributed by atoms with Crippen LogP contribution in [0.1, 0.15) is 41.0 Å². The standard InChI is InChI=1S/C13H26N2/c1-10-9-15(8-6-7-14-10)11-12(2,3)13(11,4)5/h10-11,14H,6-9H2,1-5H3. The Balaban J connectivity index is 2.05. The second-order valence-electron chi connectivity index (χ2n) is 6.55. The molecular formula is C13H26N2. The third-order valence-electron chi connectivity index (χ3n) is 4.93. The summed E-state index contributed by atoms with van der Waals surface area (Å²) < 4.78 is 0. The van der Waals surface area contributed by atoms with Gasteiger partial charge in [-0.05, 0) is 37.3 Å². The maximum absolute atomic E-state index is 3.57. The molecule has 1 heterocycles. The van der Waals surface area contributed by atoms with Gasteiger partial charge in [-0.25, -0.2) is 0 Å². The van der Waals surface area contributed by atoms with Crippen LogP contribution in [0, 0.1) is 10.8 Å². The quantitative estimate of drug-likeness (QED) is 0.713. The lowest BCUT2D eigenvalue weighted by atomic mass is 10.0. The van der Waals surface area contributed by atoms with Gasteiger partial charge >= 0.3 is 0 Å². The second-order valence-corrected chi connectivity index (χ2v) is 6.55. The molecule has 1 saturated carbocycles. The zero-order valence-electron chi connectivity index (χ0n) is 10.9. The first kappa shape index (κ1) is 11.4. The zero-order chi connectivity index (χ0) is 11.3. The maximum Gasteiger partial charge on any atom is 0.0210 e. The Morgan fingerprint density at radius 1 is 1.13 bits per heavy atom. The van der Waals surface area contributed by atoms with E-state index in [-0.39, 0.29) is 0 Å². The molecule has 1 saturated heterocycles. The third-order valence-corrected chi connectivity index (χ3v) is 4.93. The topological polar surface area (TPSA) is 15.3 Å². The molecule has 0 amide bonds. The average molecular weight is 210 g/mol. The van der Waals surface area contributed by atoms with Gasteiger partial charge in [0.05, 0.1) is 0 Å². The van der Waals surface area contributed by atoms with Crippen molar-refractivity contribution in [3.05, 3.63) is 0 Å². The van der Waals surface area contributed by atoms with E-state index in [1.165, 1.54) is 26.1 Å². The van der Waals surface area contributed by atoms with Crippen molar-refractivity contribution < 1.29 is 0 Å². The van der Waals surface area contributed by atoms with Crippen LogP contribution in [0.5, 0.6) is 0 Å². The zero-order valence-corrected chi connectivity index (χ0v) is 10.9. The number of rotatable bonds is 1. The lowest BCUT2D eigenvalue weighted by Gasteiger charge is -2.24. The first-order valence-electron chi connectivity index (χ1n) is 6.35. The predicted octanol–water partition coefficient (Wildman–Crippen LogP) is 2.10. The normalized spacial score (nSPS) is 36.2. The molecule has 0 aromatic carbocycles. The fourth-order valence-electron chi connectivity index (χ4n) is 3.45. The van der Waals surface area contributed by atoms with Crippen LogP contribution in [0.25, 0.3) is 0 Å². The molecule has 88 valence electrons. The Kier molecular flexibility index (Phi) is 2.63. The molecule has 1 unspecified atom stereocenters. The van der Waals surface area contributed by atoms with Gasteiger partial charge in [0.2, 0.25) is 0 Å². The van der Waals surface area contributed by atoms with Gasteiger partial charge in [-0.3, -0.25) is 4.90 Å². The molecule has 15 heavy (non-hydrogen) atoms. The van der Waals surface area contributed by atoms with Crippen LogP contribution in [0.2, 0.25) is 0 Å². The first-order valence-corrected chi connectivity index (χ1v) is 6.35. The highest BCUT2D eigenvalue weighted by Crippen LogP contribution is 2.65. The molecule has 2 nitrogen and oxygen atoms in total. The van der Waals surface area contributed by atoms with Crippen molar-refractivity contribution in [2.45, 2.75) is 53.1 Å². The van der Waals surface area contributed by atoms with Gasteiger partial charge in [0.15, 0.2) is 0 Å². The molecule has 1 atom stereocenters. The lowest BCUT2D eigenvalue weighted by Crippen LogP contribution is -2.38. The van der Waals surface area contributed by atoms with Crippen molar-refractivity contribution in [2.24, 2.45) is 10.8 Å². The minimum absolute atomic E-state index is 0.497. The summed E-state index contributed by atoms with van der Waals surface area (Å²) in [4.78, 5) is 2.71. The summed E-state index contributed by atoms with van der Waals surface area (Å²) in [5.74, 6) is 0. The van der Waals surface area contributed by atoms with E-state index in [1.54, 1.807) is 0 Å². The van der Waals surface area contributed by atoms with E-state index in [1.807, 2.05) is 0 Å². The van der Waals surface area contributed by atoms with Crippen molar-refractivity contribution in [1.29, 1.82) is 0 Å². The molecule has 0 spiro atoms. The highest BCUT2D eigenvalue weighted by atomic mass is 15.3. The van der Waals surface area contributed by atoms with E-state index in [9.17, 15) is 0 Å². The van der Waals surface area contributed by atoms with Gasteiger partial charge in [-0.1, -0.05) is 27.7 Å². The minimum atomic E-state index is 0.497. The Morgan fingerprint density at radius 3 is 2.27 bits per heavy atom. The summed E-state index contributed by atoms with van der Waals surface area (Å²) in [6.45, 7) is 15.7. The average Bonchev–Trinajstić information content (AvgIpc) is 2.59. The monoisotopic (exact) mass is 210 g/mol. The summed E-state index contributed by atoms with van der Waals surface area (Å²) >= 11 is 0. The van der Waals surface area contributed by atoms with Crippen LogP contribution in [-0.4, -0.2) is 36.6 Å². The maximum atomic E-state index is 3.57. The molecule has 0 aromatic rings. The molecule has 2 aliphatic rings. The van der Waals surface area contributed by atoms with Crippen LogP contribution in [0.3, 0.4) is 0 Å². The SMILES string of the molecule is CC1CN(C2C(C)(C)C2(C)C)CCCN1. The van der Waals surface area contributed by atoms with Crippen LogP contribution >= 0.6 is 0 Å². The summed E-state index contributed by atoms with van der Waals surface area (Å²) in [6, 6.07) is 1.44. The lowest BCUT2D eigenvalue weighted by molar-refractivity contribution is 0.225. The largest absolute Gasteiger partial charge is 0.313 e.